The maximum atomic E-state index is 11.9. The Morgan fingerprint density at radius 2 is 1.81 bits per heavy atom. The molecule has 0 radical (unpaired) electrons. The highest BCUT2D eigenvalue weighted by molar-refractivity contribution is 7.92. The second kappa shape index (κ2) is 5.50. The molecule has 0 aromatic heterocycles. The molecule has 1 unspecified atom stereocenters. The number of rotatable bonds is 5. The zero-order valence-electron chi connectivity index (χ0n) is 10.9. The van der Waals surface area contributed by atoms with Gasteiger partial charge < -0.3 is 5.32 Å². The molecule has 0 amide bonds. The number of hydrogen-bond acceptors (Lipinski definition) is 3. The van der Waals surface area contributed by atoms with E-state index < -0.39 is 9.84 Å². The van der Waals surface area contributed by atoms with Crippen molar-refractivity contribution in [2.24, 2.45) is 11.8 Å². The number of sulfone groups is 1. The molecule has 1 heterocycles. The summed E-state index contributed by atoms with van der Waals surface area (Å²) in [6, 6.07) is 0.177. The van der Waals surface area contributed by atoms with Crippen molar-refractivity contribution in [1.29, 1.82) is 0 Å². The zero-order valence-corrected chi connectivity index (χ0v) is 11.7. The molecular formula is C12H25NO2S. The van der Waals surface area contributed by atoms with E-state index in [9.17, 15) is 8.42 Å². The lowest BCUT2D eigenvalue weighted by Gasteiger charge is -2.14. The van der Waals surface area contributed by atoms with Crippen LogP contribution in [0.15, 0.2) is 0 Å². The van der Waals surface area contributed by atoms with Crippen LogP contribution in [0.5, 0.6) is 0 Å². The van der Waals surface area contributed by atoms with E-state index >= 15 is 0 Å². The summed E-state index contributed by atoms with van der Waals surface area (Å²) in [5.74, 6) is 1.37. The highest BCUT2D eigenvalue weighted by Gasteiger charge is 2.37. The van der Waals surface area contributed by atoms with Crippen LogP contribution in [0.2, 0.25) is 0 Å². The molecule has 16 heavy (non-hydrogen) atoms. The van der Waals surface area contributed by atoms with Gasteiger partial charge in [0.1, 0.15) is 0 Å². The van der Waals surface area contributed by atoms with Gasteiger partial charge in [0.15, 0.2) is 9.84 Å². The van der Waals surface area contributed by atoms with E-state index in [1.807, 2.05) is 0 Å². The van der Waals surface area contributed by atoms with Crippen molar-refractivity contribution in [1.82, 2.24) is 5.32 Å². The van der Waals surface area contributed by atoms with Gasteiger partial charge >= 0.3 is 0 Å². The summed E-state index contributed by atoms with van der Waals surface area (Å²) in [4.78, 5) is 0. The first-order chi connectivity index (χ1) is 7.31. The van der Waals surface area contributed by atoms with E-state index in [1.54, 1.807) is 0 Å². The minimum absolute atomic E-state index is 0.114. The van der Waals surface area contributed by atoms with E-state index in [0.717, 1.165) is 19.4 Å². The van der Waals surface area contributed by atoms with Crippen LogP contribution >= 0.6 is 0 Å². The van der Waals surface area contributed by atoms with Crippen LogP contribution in [0.1, 0.15) is 40.5 Å². The van der Waals surface area contributed by atoms with E-state index in [0.29, 0.717) is 17.6 Å². The molecular weight excluding hydrogens is 222 g/mol. The fourth-order valence-corrected chi connectivity index (χ4v) is 4.55. The first kappa shape index (κ1) is 14.0. The Morgan fingerprint density at radius 3 is 2.31 bits per heavy atom. The van der Waals surface area contributed by atoms with E-state index in [1.165, 1.54) is 0 Å². The molecule has 0 aromatic rings. The summed E-state index contributed by atoms with van der Waals surface area (Å²) < 4.78 is 23.8. The largest absolute Gasteiger partial charge is 0.313 e. The van der Waals surface area contributed by atoms with Crippen molar-refractivity contribution in [3.63, 3.8) is 0 Å². The highest BCUT2D eigenvalue weighted by atomic mass is 32.2. The molecule has 1 saturated heterocycles. The van der Waals surface area contributed by atoms with E-state index in [4.69, 9.17) is 0 Å². The van der Waals surface area contributed by atoms with Gasteiger partial charge in [0.05, 0.1) is 11.0 Å². The van der Waals surface area contributed by atoms with Crippen LogP contribution in [0, 0.1) is 11.8 Å². The summed E-state index contributed by atoms with van der Waals surface area (Å²) in [6.45, 7) is 9.37. The molecule has 96 valence electrons. The van der Waals surface area contributed by atoms with E-state index in [2.05, 4.69) is 33.0 Å². The smallest absolute Gasteiger partial charge is 0.154 e. The molecule has 4 heteroatoms. The monoisotopic (exact) mass is 247 g/mol. The average molecular weight is 247 g/mol. The molecule has 1 N–H and O–H groups in total. The van der Waals surface area contributed by atoms with Crippen LogP contribution in [0.3, 0.4) is 0 Å². The Bertz CT molecular complexity index is 309. The van der Waals surface area contributed by atoms with Gasteiger partial charge in [-0.2, -0.15) is 0 Å². The van der Waals surface area contributed by atoms with Crippen molar-refractivity contribution in [3.05, 3.63) is 0 Å². The highest BCUT2D eigenvalue weighted by Crippen LogP contribution is 2.26. The molecule has 0 aliphatic carbocycles. The predicted octanol–water partition coefficient (Wildman–Crippen LogP) is 1.83. The summed E-state index contributed by atoms with van der Waals surface area (Å²) in [5, 5.41) is 3.25. The lowest BCUT2D eigenvalue weighted by molar-refractivity contribution is 0.456. The van der Waals surface area contributed by atoms with Gasteiger partial charge in [-0.05, 0) is 31.2 Å². The molecule has 1 aliphatic rings. The second-order valence-electron chi connectivity index (χ2n) is 5.82. The van der Waals surface area contributed by atoms with Crippen LogP contribution in [-0.2, 0) is 9.84 Å². The Balaban J connectivity index is 2.51. The zero-order chi connectivity index (χ0) is 12.3. The Morgan fingerprint density at radius 1 is 1.19 bits per heavy atom. The van der Waals surface area contributed by atoms with Crippen molar-refractivity contribution in [2.45, 2.75) is 51.8 Å². The maximum Gasteiger partial charge on any atom is 0.154 e. The molecule has 0 aromatic carbocycles. The maximum absolute atomic E-state index is 11.9. The average Bonchev–Trinajstić information content (AvgIpc) is 2.37. The van der Waals surface area contributed by atoms with Gasteiger partial charge in [-0.3, -0.25) is 0 Å². The minimum atomic E-state index is -2.84. The second-order valence-corrected chi connectivity index (χ2v) is 8.14. The molecule has 3 nitrogen and oxygen atoms in total. The van der Waals surface area contributed by atoms with E-state index in [-0.39, 0.29) is 11.3 Å². The Labute approximate surface area is 99.9 Å². The van der Waals surface area contributed by atoms with Crippen molar-refractivity contribution < 1.29 is 8.42 Å². The molecule has 1 fully saturated rings. The molecule has 0 spiro atoms. The number of hydrogen-bond donors (Lipinski definition) is 1. The summed E-state index contributed by atoms with van der Waals surface area (Å²) in [7, 11) is -2.84. The molecule has 1 rings (SSSR count). The first-order valence-electron chi connectivity index (χ1n) is 6.26. The summed E-state index contributed by atoms with van der Waals surface area (Å²) >= 11 is 0. The Kier molecular flexibility index (Phi) is 4.80. The predicted molar refractivity (Wildman–Crippen MR) is 68.3 cm³/mol. The van der Waals surface area contributed by atoms with Gasteiger partial charge in [-0.1, -0.05) is 27.7 Å². The third kappa shape index (κ3) is 4.06. The first-order valence-corrected chi connectivity index (χ1v) is 7.97. The molecule has 0 saturated carbocycles. The third-order valence-electron chi connectivity index (χ3n) is 3.04. The van der Waals surface area contributed by atoms with Crippen LogP contribution in [0.4, 0.5) is 0 Å². The lowest BCUT2D eigenvalue weighted by Crippen LogP contribution is -2.32. The molecule has 2 atom stereocenters. The van der Waals surface area contributed by atoms with Gasteiger partial charge in [0.2, 0.25) is 0 Å². The van der Waals surface area contributed by atoms with Gasteiger partial charge in [0, 0.05) is 6.04 Å². The third-order valence-corrected chi connectivity index (χ3v) is 5.31. The van der Waals surface area contributed by atoms with Gasteiger partial charge in [-0.15, -0.1) is 0 Å². The van der Waals surface area contributed by atoms with Gasteiger partial charge in [-0.25, -0.2) is 8.42 Å². The molecule has 0 bridgehead atoms. The molecule has 1 aliphatic heterocycles. The van der Waals surface area contributed by atoms with Crippen molar-refractivity contribution in [2.75, 3.05) is 12.3 Å². The van der Waals surface area contributed by atoms with Crippen molar-refractivity contribution >= 4 is 9.84 Å². The van der Waals surface area contributed by atoms with Crippen LogP contribution in [0.25, 0.3) is 0 Å². The van der Waals surface area contributed by atoms with Gasteiger partial charge in [0.25, 0.3) is 0 Å². The lowest BCUT2D eigenvalue weighted by atomic mass is 10.0. The Hall–Kier alpha value is -0.0900. The number of nitrogens with one attached hydrogen (secondary N) is 1. The van der Waals surface area contributed by atoms with Crippen LogP contribution in [-0.4, -0.2) is 32.0 Å². The summed E-state index contributed by atoms with van der Waals surface area (Å²) in [6.07, 6.45) is 1.61. The quantitative estimate of drug-likeness (QED) is 0.806. The normalized spacial score (nSPS) is 29.1. The van der Waals surface area contributed by atoms with Crippen molar-refractivity contribution in [3.8, 4) is 0 Å². The minimum Gasteiger partial charge on any atom is -0.313 e. The fourth-order valence-electron chi connectivity index (χ4n) is 2.26. The summed E-state index contributed by atoms with van der Waals surface area (Å²) in [5.41, 5.74) is 0. The SMILES string of the molecule is CC(C)CNC1C[C@@H](CC(C)C)S(=O)(=O)C1. The standard InChI is InChI=1S/C12H25NO2S/c1-9(2)5-12-6-11(8-16(12,14)15)13-7-10(3)4/h9-13H,5-8H2,1-4H3/t11?,12-/m1/s1. The van der Waals surface area contributed by atoms with Crippen LogP contribution < -0.4 is 5.32 Å². The fraction of sp³-hybridized carbons (Fsp3) is 1.00. The topological polar surface area (TPSA) is 46.2 Å².